The van der Waals surface area contributed by atoms with Gasteiger partial charge >= 0.3 is 6.18 Å². The normalized spacial score (nSPS) is 11.4. The van der Waals surface area contributed by atoms with Gasteiger partial charge in [0.2, 0.25) is 5.91 Å². The Hall–Kier alpha value is -3.09. The second-order valence-corrected chi connectivity index (χ2v) is 5.10. The molecule has 0 spiro atoms. The Bertz CT molecular complexity index is 797. The van der Waals surface area contributed by atoms with Gasteiger partial charge in [-0.25, -0.2) is 0 Å². The van der Waals surface area contributed by atoms with Crippen molar-refractivity contribution >= 4 is 23.6 Å². The van der Waals surface area contributed by atoms with Crippen LogP contribution in [0.25, 0.3) is 6.08 Å². The van der Waals surface area contributed by atoms with Crippen LogP contribution in [0.15, 0.2) is 54.6 Å². The quantitative estimate of drug-likeness (QED) is 0.828. The van der Waals surface area contributed by atoms with Crippen LogP contribution >= 0.6 is 0 Å². The summed E-state index contributed by atoms with van der Waals surface area (Å²) < 4.78 is 37.4. The van der Waals surface area contributed by atoms with Gasteiger partial charge in [0.1, 0.15) is 0 Å². The molecule has 2 N–H and O–H groups in total. The molecular weight excluding hydrogens is 333 g/mol. The van der Waals surface area contributed by atoms with Crippen LogP contribution in [0, 0.1) is 0 Å². The number of rotatable bonds is 4. The van der Waals surface area contributed by atoms with Crippen LogP contribution < -0.4 is 10.6 Å². The maximum atomic E-state index is 12.5. The number of hydrogen-bond donors (Lipinski definition) is 2. The van der Waals surface area contributed by atoms with E-state index in [4.69, 9.17) is 0 Å². The fourth-order valence-corrected chi connectivity index (χ4v) is 2.02. The van der Waals surface area contributed by atoms with E-state index in [9.17, 15) is 22.8 Å². The summed E-state index contributed by atoms with van der Waals surface area (Å²) in [7, 11) is 1.50. The van der Waals surface area contributed by atoms with Crippen molar-refractivity contribution in [1.29, 1.82) is 0 Å². The lowest BCUT2D eigenvalue weighted by Crippen LogP contribution is -2.18. The lowest BCUT2D eigenvalue weighted by molar-refractivity contribution is -0.137. The summed E-state index contributed by atoms with van der Waals surface area (Å²) in [5.74, 6) is -0.745. The minimum Gasteiger partial charge on any atom is -0.355 e. The molecular formula is C18H15F3N2O2. The largest absolute Gasteiger partial charge is 0.416 e. The first-order chi connectivity index (χ1) is 11.8. The van der Waals surface area contributed by atoms with Gasteiger partial charge < -0.3 is 10.6 Å². The van der Waals surface area contributed by atoms with Crippen molar-refractivity contribution in [2.45, 2.75) is 6.18 Å². The van der Waals surface area contributed by atoms with Crippen molar-refractivity contribution in [2.24, 2.45) is 0 Å². The zero-order valence-electron chi connectivity index (χ0n) is 13.2. The number of alkyl halides is 3. The molecule has 130 valence electrons. The van der Waals surface area contributed by atoms with Gasteiger partial charge in [0.05, 0.1) is 5.56 Å². The van der Waals surface area contributed by atoms with Crippen LogP contribution in [-0.4, -0.2) is 18.9 Å². The van der Waals surface area contributed by atoms with Gasteiger partial charge in [0.25, 0.3) is 5.91 Å². The first-order valence-corrected chi connectivity index (χ1v) is 7.28. The van der Waals surface area contributed by atoms with Crippen molar-refractivity contribution in [3.63, 3.8) is 0 Å². The predicted octanol–water partition coefficient (Wildman–Crippen LogP) is 3.72. The molecule has 0 saturated carbocycles. The summed E-state index contributed by atoms with van der Waals surface area (Å²) in [6.07, 6.45) is -1.79. The molecule has 4 nitrogen and oxygen atoms in total. The average Bonchev–Trinajstić information content (AvgIpc) is 2.59. The third kappa shape index (κ3) is 5.20. The van der Waals surface area contributed by atoms with Crippen molar-refractivity contribution in [2.75, 3.05) is 12.4 Å². The Morgan fingerprint density at radius 1 is 1.04 bits per heavy atom. The van der Waals surface area contributed by atoms with Crippen LogP contribution in [-0.2, 0) is 11.0 Å². The van der Waals surface area contributed by atoms with E-state index in [0.717, 1.165) is 12.1 Å². The van der Waals surface area contributed by atoms with E-state index in [1.54, 1.807) is 18.2 Å². The standard InChI is InChI=1S/C18H15F3N2O2/c1-22-17(25)13-3-2-4-15(11-13)23-16(24)10-7-12-5-8-14(9-6-12)18(19,20)21/h2-11H,1H3,(H,22,25)(H,23,24)/b10-7+. The fourth-order valence-electron chi connectivity index (χ4n) is 2.02. The second kappa shape index (κ2) is 7.65. The molecule has 2 rings (SSSR count). The Labute approximate surface area is 142 Å². The molecule has 7 heteroatoms. The van der Waals surface area contributed by atoms with Gasteiger partial charge in [-0.1, -0.05) is 18.2 Å². The number of nitrogens with one attached hydrogen (secondary N) is 2. The lowest BCUT2D eigenvalue weighted by atomic mass is 10.1. The number of amides is 2. The first-order valence-electron chi connectivity index (χ1n) is 7.28. The highest BCUT2D eigenvalue weighted by Crippen LogP contribution is 2.29. The van der Waals surface area contributed by atoms with E-state index in [2.05, 4.69) is 10.6 Å². The molecule has 25 heavy (non-hydrogen) atoms. The number of anilines is 1. The van der Waals surface area contributed by atoms with Crippen molar-refractivity contribution in [1.82, 2.24) is 5.32 Å². The zero-order valence-corrected chi connectivity index (χ0v) is 13.2. The minimum absolute atomic E-state index is 0.281. The van der Waals surface area contributed by atoms with Crippen LogP contribution in [0.4, 0.5) is 18.9 Å². The summed E-state index contributed by atoms with van der Waals surface area (Å²) in [4.78, 5) is 23.4. The molecule has 0 bridgehead atoms. The number of carbonyl (C=O) groups is 2. The lowest BCUT2D eigenvalue weighted by Gasteiger charge is -2.06. The van der Waals surface area contributed by atoms with Gasteiger partial charge in [-0.05, 0) is 42.0 Å². The molecule has 0 saturated heterocycles. The summed E-state index contributed by atoms with van der Waals surface area (Å²) in [5, 5.41) is 5.06. The molecule has 0 fully saturated rings. The Morgan fingerprint density at radius 3 is 2.32 bits per heavy atom. The summed E-state index contributed by atoms with van der Waals surface area (Å²) in [6.45, 7) is 0. The van der Waals surface area contributed by atoms with Gasteiger partial charge in [-0.15, -0.1) is 0 Å². The molecule has 0 aromatic heterocycles. The molecule has 0 radical (unpaired) electrons. The topological polar surface area (TPSA) is 58.2 Å². The number of halogens is 3. The van der Waals surface area contributed by atoms with Crippen LogP contribution in [0.5, 0.6) is 0 Å². The third-order valence-electron chi connectivity index (χ3n) is 3.28. The molecule has 0 atom stereocenters. The molecule has 0 aliphatic rings. The second-order valence-electron chi connectivity index (χ2n) is 5.10. The first kappa shape index (κ1) is 18.3. The molecule has 2 aromatic rings. The maximum absolute atomic E-state index is 12.5. The molecule has 2 aromatic carbocycles. The highest BCUT2D eigenvalue weighted by Gasteiger charge is 2.29. The Balaban J connectivity index is 2.02. The van der Waals surface area contributed by atoms with Gasteiger partial charge in [0.15, 0.2) is 0 Å². The van der Waals surface area contributed by atoms with Crippen LogP contribution in [0.3, 0.4) is 0 Å². The maximum Gasteiger partial charge on any atom is 0.416 e. The van der Waals surface area contributed by atoms with Crippen molar-refractivity contribution < 1.29 is 22.8 Å². The van der Waals surface area contributed by atoms with Gasteiger partial charge in [-0.3, -0.25) is 9.59 Å². The van der Waals surface area contributed by atoms with Gasteiger partial charge in [0, 0.05) is 24.4 Å². The number of carbonyl (C=O) groups excluding carboxylic acids is 2. The fraction of sp³-hybridized carbons (Fsp3) is 0.111. The van der Waals surface area contributed by atoms with Crippen LogP contribution in [0.2, 0.25) is 0 Å². The Morgan fingerprint density at radius 2 is 1.72 bits per heavy atom. The summed E-state index contributed by atoms with van der Waals surface area (Å²) in [5.41, 5.74) is 0.539. The van der Waals surface area contributed by atoms with E-state index in [1.165, 1.54) is 37.4 Å². The molecule has 0 aliphatic carbocycles. The van der Waals surface area contributed by atoms with E-state index in [1.807, 2.05) is 0 Å². The van der Waals surface area contributed by atoms with E-state index >= 15 is 0 Å². The van der Waals surface area contributed by atoms with Crippen molar-refractivity contribution in [3.8, 4) is 0 Å². The molecule has 0 heterocycles. The van der Waals surface area contributed by atoms with Gasteiger partial charge in [-0.2, -0.15) is 13.2 Å². The monoisotopic (exact) mass is 348 g/mol. The SMILES string of the molecule is CNC(=O)c1cccc(NC(=O)/C=C/c2ccc(C(F)(F)F)cc2)c1. The zero-order chi connectivity index (χ0) is 18.4. The smallest absolute Gasteiger partial charge is 0.355 e. The minimum atomic E-state index is -4.39. The highest BCUT2D eigenvalue weighted by atomic mass is 19.4. The number of benzene rings is 2. The van der Waals surface area contributed by atoms with Crippen LogP contribution in [0.1, 0.15) is 21.5 Å². The summed E-state index contributed by atoms with van der Waals surface area (Å²) >= 11 is 0. The average molecular weight is 348 g/mol. The summed E-state index contributed by atoms with van der Waals surface area (Å²) in [6, 6.07) is 10.8. The molecule has 0 aliphatic heterocycles. The third-order valence-corrected chi connectivity index (χ3v) is 3.28. The van der Waals surface area contributed by atoms with E-state index in [0.29, 0.717) is 16.8 Å². The highest BCUT2D eigenvalue weighted by molar-refractivity contribution is 6.03. The molecule has 2 amide bonds. The van der Waals surface area contributed by atoms with E-state index in [-0.39, 0.29) is 5.91 Å². The molecule has 0 unspecified atom stereocenters. The Kier molecular flexibility index (Phi) is 5.59. The predicted molar refractivity (Wildman–Crippen MR) is 88.9 cm³/mol. The van der Waals surface area contributed by atoms with E-state index < -0.39 is 17.6 Å². The number of hydrogen-bond acceptors (Lipinski definition) is 2. The van der Waals surface area contributed by atoms with Crippen molar-refractivity contribution in [3.05, 3.63) is 71.3 Å².